The normalized spacial score (nSPS) is 23.8. The number of aliphatic hydroxyl groups excluding tert-OH is 1. The fourth-order valence-corrected chi connectivity index (χ4v) is 6.99. The molecule has 4 rings (SSSR count). The lowest BCUT2D eigenvalue weighted by molar-refractivity contribution is -0.277. The van der Waals surface area contributed by atoms with E-state index in [2.05, 4.69) is 17.5 Å². The van der Waals surface area contributed by atoms with E-state index in [1.54, 1.807) is 18.2 Å². The Bertz CT molecular complexity index is 1220. The highest BCUT2D eigenvalue weighted by Gasteiger charge is 2.54. The summed E-state index contributed by atoms with van der Waals surface area (Å²) in [4.78, 5) is 4.67. The van der Waals surface area contributed by atoms with Crippen LogP contribution in [0.4, 0.5) is 18.9 Å². The Morgan fingerprint density at radius 2 is 1.76 bits per heavy atom. The van der Waals surface area contributed by atoms with E-state index in [1.807, 2.05) is 11.8 Å². The van der Waals surface area contributed by atoms with E-state index in [-0.39, 0.29) is 30.1 Å². The molecule has 210 valence electrons. The molecular formula is C25H32F3N3O5S2. The van der Waals surface area contributed by atoms with Crippen molar-refractivity contribution in [2.24, 2.45) is 0 Å². The van der Waals surface area contributed by atoms with Gasteiger partial charge in [0, 0.05) is 49.3 Å². The van der Waals surface area contributed by atoms with E-state index >= 15 is 0 Å². The molecule has 2 saturated heterocycles. The first kappa shape index (κ1) is 29.1. The number of hydrogen-bond donors (Lipinski definition) is 3. The Kier molecular flexibility index (Phi) is 8.67. The van der Waals surface area contributed by atoms with E-state index in [1.165, 1.54) is 22.5 Å². The third-order valence-corrected chi connectivity index (χ3v) is 9.72. The van der Waals surface area contributed by atoms with Gasteiger partial charge in [-0.05, 0) is 36.8 Å². The fraction of sp³-hybridized carbons (Fsp3) is 0.520. The number of ether oxygens (including phenoxy) is 1. The summed E-state index contributed by atoms with van der Waals surface area (Å²) in [5.74, 6) is 0. The summed E-state index contributed by atoms with van der Waals surface area (Å²) in [6.07, 6.45) is -5.05. The average Bonchev–Trinajstić information content (AvgIpc) is 2.89. The first-order valence-corrected chi connectivity index (χ1v) is 14.1. The van der Waals surface area contributed by atoms with Crippen molar-refractivity contribution in [2.45, 2.75) is 40.6 Å². The van der Waals surface area contributed by atoms with Crippen LogP contribution in [-0.4, -0.2) is 98.6 Å². The van der Waals surface area contributed by atoms with E-state index in [4.69, 9.17) is 4.74 Å². The molecule has 0 bridgehead atoms. The molecule has 0 radical (unpaired) electrons. The van der Waals surface area contributed by atoms with Crippen LogP contribution in [0.15, 0.2) is 58.3 Å². The summed E-state index contributed by atoms with van der Waals surface area (Å²) in [5.41, 5.74) is -3.25. The van der Waals surface area contributed by atoms with Gasteiger partial charge in [0.15, 0.2) is 0 Å². The van der Waals surface area contributed by atoms with Gasteiger partial charge in [0.1, 0.15) is 0 Å². The number of morpholine rings is 1. The molecule has 0 aromatic heterocycles. The summed E-state index contributed by atoms with van der Waals surface area (Å²) in [6, 6.07) is 11.5. The zero-order chi connectivity index (χ0) is 27.7. The van der Waals surface area contributed by atoms with Crippen molar-refractivity contribution in [1.29, 1.82) is 0 Å². The second-order valence-corrected chi connectivity index (χ2v) is 12.0. The molecule has 2 aliphatic rings. The van der Waals surface area contributed by atoms with Gasteiger partial charge in [-0.1, -0.05) is 24.3 Å². The summed E-state index contributed by atoms with van der Waals surface area (Å²) in [5, 5.41) is 19.4. The highest BCUT2D eigenvalue weighted by atomic mass is 32.2. The summed E-state index contributed by atoms with van der Waals surface area (Å²) in [6.45, 7) is 3.46. The van der Waals surface area contributed by atoms with Crippen LogP contribution in [0.5, 0.6) is 0 Å². The summed E-state index contributed by atoms with van der Waals surface area (Å²) < 4.78 is 74.2. The predicted molar refractivity (Wildman–Crippen MR) is 139 cm³/mol. The van der Waals surface area contributed by atoms with Gasteiger partial charge in [0.25, 0.3) is 0 Å². The van der Waals surface area contributed by atoms with Gasteiger partial charge in [0.2, 0.25) is 15.6 Å². The van der Waals surface area contributed by atoms with E-state index in [9.17, 15) is 31.8 Å². The Hall–Kier alpha value is -1.87. The van der Waals surface area contributed by atoms with Crippen LogP contribution in [0, 0.1) is 0 Å². The molecule has 0 saturated carbocycles. The van der Waals surface area contributed by atoms with Gasteiger partial charge >= 0.3 is 6.18 Å². The maximum atomic E-state index is 13.5. The molecule has 2 fully saturated rings. The predicted octanol–water partition coefficient (Wildman–Crippen LogP) is 2.32. The second-order valence-electron chi connectivity index (χ2n) is 9.66. The molecule has 2 heterocycles. The number of halogens is 3. The third kappa shape index (κ3) is 5.69. The fourth-order valence-electron chi connectivity index (χ4n) is 4.93. The molecule has 13 heteroatoms. The van der Waals surface area contributed by atoms with Gasteiger partial charge in [-0.2, -0.15) is 17.5 Å². The molecule has 8 nitrogen and oxygen atoms in total. The van der Waals surface area contributed by atoms with Crippen molar-refractivity contribution in [3.05, 3.63) is 54.1 Å². The van der Waals surface area contributed by atoms with Crippen molar-refractivity contribution in [3.8, 4) is 0 Å². The maximum Gasteiger partial charge on any atom is 0.423 e. The number of sulfonamides is 1. The zero-order valence-corrected chi connectivity index (χ0v) is 22.6. The van der Waals surface area contributed by atoms with E-state index < -0.39 is 34.0 Å². The standard InChI is InChI=1S/C25H32F3N3O5S2/c1-18-16-36-13-12-29(18)14-21-15-30(38(34,35)23-5-3-2-4-22(23)37)10-11-31(21)20-8-6-19(7-9-20)24(33,17-32)25(26,27)28/h2-9,18,21,32-33,37H,10-17H2,1H3/t18-,21-,24?/m0/s1. The molecule has 2 aromatic carbocycles. The number of rotatable bonds is 7. The van der Waals surface area contributed by atoms with Gasteiger partial charge in [-0.25, -0.2) is 8.42 Å². The molecule has 0 spiro atoms. The van der Waals surface area contributed by atoms with Crippen molar-refractivity contribution in [2.75, 3.05) is 57.4 Å². The van der Waals surface area contributed by atoms with Gasteiger partial charge in [0.05, 0.1) is 30.8 Å². The van der Waals surface area contributed by atoms with Crippen molar-refractivity contribution in [3.63, 3.8) is 0 Å². The van der Waals surface area contributed by atoms with Crippen LogP contribution >= 0.6 is 12.6 Å². The van der Waals surface area contributed by atoms with Crippen LogP contribution in [0.25, 0.3) is 0 Å². The average molecular weight is 576 g/mol. The molecule has 3 atom stereocenters. The SMILES string of the molecule is C[C@H]1COCCN1C[C@H]1CN(S(=O)(=O)c2ccccc2S)CCN1c1ccc(C(O)(CO)C(F)(F)F)cc1. The third-order valence-electron chi connectivity index (χ3n) is 7.25. The van der Waals surface area contributed by atoms with E-state index in [0.717, 1.165) is 12.1 Å². The Morgan fingerprint density at radius 3 is 2.37 bits per heavy atom. The van der Waals surface area contributed by atoms with Crippen LogP contribution in [0.3, 0.4) is 0 Å². The molecule has 2 aromatic rings. The Balaban J connectivity index is 1.63. The van der Waals surface area contributed by atoms with E-state index in [0.29, 0.717) is 43.4 Å². The molecule has 2 aliphatic heterocycles. The number of benzene rings is 2. The topological polar surface area (TPSA) is 93.6 Å². The molecule has 1 unspecified atom stereocenters. The largest absolute Gasteiger partial charge is 0.423 e. The number of piperazine rings is 1. The molecular weight excluding hydrogens is 543 g/mol. The summed E-state index contributed by atoms with van der Waals surface area (Å²) >= 11 is 4.33. The maximum absolute atomic E-state index is 13.5. The van der Waals surface area contributed by atoms with Crippen LogP contribution in [0.2, 0.25) is 0 Å². The first-order chi connectivity index (χ1) is 17.9. The number of alkyl halides is 3. The Morgan fingerprint density at radius 1 is 1.08 bits per heavy atom. The van der Waals surface area contributed by atoms with Crippen molar-refractivity contribution in [1.82, 2.24) is 9.21 Å². The van der Waals surface area contributed by atoms with Crippen LogP contribution in [0.1, 0.15) is 12.5 Å². The second kappa shape index (κ2) is 11.3. The first-order valence-electron chi connectivity index (χ1n) is 12.3. The lowest BCUT2D eigenvalue weighted by atomic mass is 9.93. The van der Waals surface area contributed by atoms with Gasteiger partial charge in [-0.15, -0.1) is 12.6 Å². The molecule has 0 amide bonds. The minimum Gasteiger partial charge on any atom is -0.393 e. The van der Waals surface area contributed by atoms with Crippen molar-refractivity contribution >= 4 is 28.3 Å². The van der Waals surface area contributed by atoms with Gasteiger partial charge < -0.3 is 19.8 Å². The van der Waals surface area contributed by atoms with Crippen molar-refractivity contribution < 1.29 is 36.5 Å². The number of aliphatic hydroxyl groups is 2. The van der Waals surface area contributed by atoms with Crippen LogP contribution in [-0.2, 0) is 20.4 Å². The number of thiol groups is 1. The number of anilines is 1. The smallest absolute Gasteiger partial charge is 0.393 e. The zero-order valence-electron chi connectivity index (χ0n) is 20.9. The number of nitrogens with zero attached hydrogens (tertiary/aromatic N) is 3. The minimum atomic E-state index is -5.05. The highest BCUT2D eigenvalue weighted by molar-refractivity contribution is 7.90. The van der Waals surface area contributed by atoms with Crippen LogP contribution < -0.4 is 4.90 Å². The number of hydrogen-bond acceptors (Lipinski definition) is 8. The molecule has 0 aliphatic carbocycles. The summed E-state index contributed by atoms with van der Waals surface area (Å²) in [7, 11) is -3.83. The lowest BCUT2D eigenvalue weighted by Crippen LogP contribution is -2.60. The molecule has 38 heavy (non-hydrogen) atoms. The Labute approximate surface area is 226 Å². The quantitative estimate of drug-likeness (QED) is 0.437. The lowest BCUT2D eigenvalue weighted by Gasteiger charge is -2.45. The monoisotopic (exact) mass is 575 g/mol. The van der Waals surface area contributed by atoms with Gasteiger partial charge in [-0.3, -0.25) is 4.90 Å². The highest BCUT2D eigenvalue weighted by Crippen LogP contribution is 2.39. The minimum absolute atomic E-state index is 0.115. The molecule has 2 N–H and O–H groups in total.